The van der Waals surface area contributed by atoms with Crippen LogP contribution in [0.3, 0.4) is 0 Å². The van der Waals surface area contributed by atoms with Gasteiger partial charge in [-0.05, 0) is 55.1 Å². The molecule has 1 aliphatic heterocycles. The van der Waals surface area contributed by atoms with Gasteiger partial charge in [0.2, 0.25) is 0 Å². The number of hydrogen-bond donors (Lipinski definition) is 4. The van der Waals surface area contributed by atoms with Crippen LogP contribution >= 0.6 is 24.4 Å². The number of nitrogens with zero attached hydrogens (tertiary/aromatic N) is 1. The Hall–Kier alpha value is -3.03. The summed E-state index contributed by atoms with van der Waals surface area (Å²) in [6.07, 6.45) is 0. The lowest BCUT2D eigenvalue weighted by Gasteiger charge is -2.31. The summed E-state index contributed by atoms with van der Waals surface area (Å²) >= 11 is 10.8. The van der Waals surface area contributed by atoms with E-state index in [9.17, 15) is 5.11 Å². The van der Waals surface area contributed by atoms with E-state index in [4.69, 9.17) is 24.4 Å². The van der Waals surface area contributed by atoms with Crippen LogP contribution in [0.15, 0.2) is 66.4 Å². The normalized spacial score (nSPS) is 16.5. The largest absolute Gasteiger partial charge is 0.507 e. The van der Waals surface area contributed by atoms with Gasteiger partial charge in [0.25, 0.3) is 0 Å². The van der Waals surface area contributed by atoms with Crippen LogP contribution in [0.4, 0.5) is 0 Å². The lowest BCUT2D eigenvalue weighted by molar-refractivity contribution is 0.477. The topological polar surface area (TPSA) is 73.0 Å². The number of aromatic amines is 1. The molecule has 0 bridgehead atoms. The summed E-state index contributed by atoms with van der Waals surface area (Å²) in [4.78, 5) is 7.64. The van der Waals surface area contributed by atoms with E-state index in [2.05, 4.69) is 20.6 Å². The molecule has 3 aromatic rings. The molecule has 0 amide bonds. The molecule has 1 atom stereocenters. The number of allylic oxidation sites excluding steroid dienone is 1. The monoisotopic (exact) mass is 406 g/mol. The number of aromatic nitrogens is 2. The van der Waals surface area contributed by atoms with E-state index in [0.29, 0.717) is 21.1 Å². The van der Waals surface area contributed by atoms with Gasteiger partial charge >= 0.3 is 0 Å². The molecule has 2 heterocycles. The minimum atomic E-state index is -0.156. The van der Waals surface area contributed by atoms with Crippen LogP contribution in [0.5, 0.6) is 5.75 Å². The van der Waals surface area contributed by atoms with Gasteiger partial charge in [-0.1, -0.05) is 42.5 Å². The first kappa shape index (κ1) is 18.3. The van der Waals surface area contributed by atoms with E-state index in [-0.39, 0.29) is 11.8 Å². The van der Waals surface area contributed by atoms with E-state index >= 15 is 0 Å². The molecule has 0 aliphatic carbocycles. The Labute approximate surface area is 173 Å². The molecule has 4 rings (SSSR count). The third-order valence-electron chi connectivity index (χ3n) is 4.62. The maximum atomic E-state index is 10.2. The van der Waals surface area contributed by atoms with Crippen molar-refractivity contribution in [3.63, 3.8) is 0 Å². The molecule has 0 saturated heterocycles. The third-order valence-corrected chi connectivity index (χ3v) is 5.03. The summed E-state index contributed by atoms with van der Waals surface area (Å²) in [5.41, 5.74) is 5.03. The van der Waals surface area contributed by atoms with Gasteiger partial charge < -0.3 is 20.7 Å². The van der Waals surface area contributed by atoms with Crippen molar-refractivity contribution >= 4 is 35.1 Å². The number of nitrogens with one attached hydrogen (secondary N) is 3. The highest BCUT2D eigenvalue weighted by Gasteiger charge is 2.27. The summed E-state index contributed by atoms with van der Waals surface area (Å²) in [6.45, 7) is 1.97. The summed E-state index contributed by atoms with van der Waals surface area (Å²) in [7, 11) is 0. The van der Waals surface area contributed by atoms with Crippen molar-refractivity contribution in [1.82, 2.24) is 20.6 Å². The molecule has 28 heavy (non-hydrogen) atoms. The van der Waals surface area contributed by atoms with Gasteiger partial charge in [0.1, 0.15) is 5.75 Å². The molecular weight excluding hydrogens is 388 g/mol. The maximum Gasteiger partial charge on any atom is 0.197 e. The van der Waals surface area contributed by atoms with Crippen LogP contribution in [0, 0.1) is 4.77 Å². The minimum absolute atomic E-state index is 0.156. The zero-order valence-corrected chi connectivity index (χ0v) is 16.7. The highest BCUT2D eigenvalue weighted by Crippen LogP contribution is 2.35. The van der Waals surface area contributed by atoms with E-state index in [0.717, 1.165) is 22.5 Å². The van der Waals surface area contributed by atoms with Crippen LogP contribution in [0.25, 0.3) is 16.8 Å². The number of phenols is 1. The maximum absolute atomic E-state index is 10.2. The summed E-state index contributed by atoms with van der Waals surface area (Å²) < 4.78 is 0.344. The number of aromatic hydroxyl groups is 1. The molecule has 1 aliphatic rings. The second-order valence-corrected chi connectivity index (χ2v) is 7.28. The molecule has 4 N–H and O–H groups in total. The Bertz CT molecular complexity index is 1140. The molecule has 0 saturated carbocycles. The lowest BCUT2D eigenvalue weighted by atomic mass is 9.92. The highest BCUT2D eigenvalue weighted by molar-refractivity contribution is 7.80. The first-order chi connectivity index (χ1) is 13.5. The van der Waals surface area contributed by atoms with Crippen molar-refractivity contribution in [2.45, 2.75) is 13.0 Å². The van der Waals surface area contributed by atoms with Crippen molar-refractivity contribution < 1.29 is 5.11 Å². The smallest absolute Gasteiger partial charge is 0.197 e. The first-order valence-corrected chi connectivity index (χ1v) is 9.58. The molecule has 2 aromatic carbocycles. The molecule has 5 nitrogen and oxygen atoms in total. The standard InChI is InChI=1S/C21H18N4OS2/c1-12-18(19(25-20(27)22-12)13-7-3-2-4-8-13)16-11-15(23-21(28)24-16)14-9-5-6-10-17(14)26/h2-11,19,26H,1H3,(H2,22,25,27)(H,23,24,28). The highest BCUT2D eigenvalue weighted by atomic mass is 32.1. The third kappa shape index (κ3) is 3.54. The quantitative estimate of drug-likeness (QED) is 0.481. The van der Waals surface area contributed by atoms with Gasteiger partial charge in [-0.15, -0.1) is 0 Å². The van der Waals surface area contributed by atoms with Gasteiger partial charge in [0, 0.05) is 16.8 Å². The Kier molecular flexibility index (Phi) is 4.93. The molecule has 1 unspecified atom stereocenters. The Morgan fingerprint density at radius 1 is 1.00 bits per heavy atom. The number of hydrogen-bond acceptors (Lipinski definition) is 4. The molecular formula is C21H18N4OS2. The zero-order valence-electron chi connectivity index (χ0n) is 15.1. The molecule has 7 heteroatoms. The van der Waals surface area contributed by atoms with Crippen molar-refractivity contribution in [3.05, 3.63) is 82.4 Å². The molecule has 0 spiro atoms. The average Bonchev–Trinajstić information content (AvgIpc) is 2.68. The Morgan fingerprint density at radius 2 is 1.71 bits per heavy atom. The van der Waals surface area contributed by atoms with Crippen LogP contribution < -0.4 is 10.6 Å². The molecule has 1 aromatic heterocycles. The fourth-order valence-corrected chi connectivity index (χ4v) is 3.85. The van der Waals surface area contributed by atoms with E-state index in [1.165, 1.54) is 0 Å². The van der Waals surface area contributed by atoms with Crippen molar-refractivity contribution in [3.8, 4) is 17.0 Å². The number of rotatable bonds is 3. The summed E-state index contributed by atoms with van der Waals surface area (Å²) in [5, 5.41) is 17.3. The Balaban J connectivity index is 1.89. The van der Waals surface area contributed by atoms with E-state index in [1.807, 2.05) is 55.5 Å². The van der Waals surface area contributed by atoms with Crippen LogP contribution in [-0.4, -0.2) is 20.2 Å². The summed E-state index contributed by atoms with van der Waals surface area (Å²) in [6, 6.07) is 18.9. The van der Waals surface area contributed by atoms with E-state index < -0.39 is 0 Å². The van der Waals surface area contributed by atoms with Gasteiger partial charge in [-0.25, -0.2) is 4.98 Å². The fraction of sp³-hybridized carbons (Fsp3) is 0.0952. The van der Waals surface area contributed by atoms with Crippen molar-refractivity contribution in [2.24, 2.45) is 0 Å². The van der Waals surface area contributed by atoms with Crippen molar-refractivity contribution in [2.75, 3.05) is 0 Å². The van der Waals surface area contributed by atoms with Gasteiger partial charge in [-0.2, -0.15) is 0 Å². The lowest BCUT2D eigenvalue weighted by Crippen LogP contribution is -2.42. The first-order valence-electron chi connectivity index (χ1n) is 8.76. The fourth-order valence-electron chi connectivity index (χ4n) is 3.37. The molecule has 0 radical (unpaired) electrons. The average molecular weight is 407 g/mol. The van der Waals surface area contributed by atoms with Crippen LogP contribution in [0.1, 0.15) is 24.2 Å². The second-order valence-electron chi connectivity index (χ2n) is 6.48. The summed E-state index contributed by atoms with van der Waals surface area (Å²) in [5.74, 6) is 0.177. The van der Waals surface area contributed by atoms with Gasteiger partial charge in [0.15, 0.2) is 9.88 Å². The number of phenolic OH excluding ortho intramolecular Hbond substituents is 1. The number of para-hydroxylation sites is 1. The molecule has 140 valence electrons. The number of thiocarbonyl (C=S) groups is 1. The zero-order chi connectivity index (χ0) is 19.7. The predicted octanol–water partition coefficient (Wildman–Crippen LogP) is 4.46. The predicted molar refractivity (Wildman–Crippen MR) is 117 cm³/mol. The van der Waals surface area contributed by atoms with Crippen LogP contribution in [0.2, 0.25) is 0 Å². The SMILES string of the molecule is CC1=C(c2cc(-c3ccccc3O)[nH]c(=S)n2)C(c2ccccc2)NC(=S)N1. The minimum Gasteiger partial charge on any atom is -0.507 e. The second kappa shape index (κ2) is 7.53. The van der Waals surface area contributed by atoms with Crippen LogP contribution in [-0.2, 0) is 0 Å². The number of benzene rings is 2. The Morgan fingerprint density at radius 3 is 2.46 bits per heavy atom. The van der Waals surface area contributed by atoms with Gasteiger partial charge in [-0.3, -0.25) is 0 Å². The number of H-pyrrole nitrogens is 1. The molecule has 0 fully saturated rings. The van der Waals surface area contributed by atoms with Gasteiger partial charge in [0.05, 0.1) is 17.4 Å². The van der Waals surface area contributed by atoms with E-state index in [1.54, 1.807) is 12.1 Å². The van der Waals surface area contributed by atoms with Crippen molar-refractivity contribution in [1.29, 1.82) is 0 Å².